The number of rotatable bonds is 7. The Morgan fingerprint density at radius 2 is 1.84 bits per heavy atom. The molecule has 19 heavy (non-hydrogen) atoms. The molecule has 0 fully saturated rings. The van der Waals surface area contributed by atoms with Crippen molar-refractivity contribution in [3.63, 3.8) is 0 Å². The van der Waals surface area contributed by atoms with Crippen LogP contribution in [0.2, 0.25) is 0 Å². The average Bonchev–Trinajstić information content (AvgIpc) is 2.30. The standard InChI is InChI=1S/C16H26O3/c1-8-12(2)13(3)9-10-14(4)18-11-15(17)19-16(5,6)7/h9-10,12H,3-4,8,11H2,1-2,5-7H3/b10-9-. The maximum absolute atomic E-state index is 11.4. The zero-order valence-corrected chi connectivity index (χ0v) is 12.8. The van der Waals surface area contributed by atoms with Crippen molar-refractivity contribution >= 4 is 5.97 Å². The summed E-state index contributed by atoms with van der Waals surface area (Å²) in [5.41, 5.74) is 0.521. The van der Waals surface area contributed by atoms with Crippen LogP contribution in [0.5, 0.6) is 0 Å². The summed E-state index contributed by atoms with van der Waals surface area (Å²) in [6, 6.07) is 0. The molecule has 0 amide bonds. The highest BCUT2D eigenvalue weighted by molar-refractivity contribution is 5.71. The summed E-state index contributed by atoms with van der Waals surface area (Å²) in [5.74, 6) is 0.452. The van der Waals surface area contributed by atoms with E-state index in [4.69, 9.17) is 9.47 Å². The van der Waals surface area contributed by atoms with Crippen LogP contribution in [0.25, 0.3) is 0 Å². The van der Waals surface area contributed by atoms with Gasteiger partial charge >= 0.3 is 5.97 Å². The summed E-state index contributed by atoms with van der Waals surface area (Å²) < 4.78 is 10.3. The SMILES string of the molecule is C=C(/C=C\C(=C)C(C)CC)OCC(=O)OC(C)(C)C. The van der Waals surface area contributed by atoms with E-state index in [9.17, 15) is 4.79 Å². The molecule has 0 heterocycles. The van der Waals surface area contributed by atoms with Gasteiger partial charge in [0.05, 0.1) is 0 Å². The lowest BCUT2D eigenvalue weighted by Gasteiger charge is -2.19. The molecule has 108 valence electrons. The lowest BCUT2D eigenvalue weighted by Crippen LogP contribution is -2.26. The van der Waals surface area contributed by atoms with Gasteiger partial charge in [0, 0.05) is 0 Å². The van der Waals surface area contributed by atoms with E-state index in [2.05, 4.69) is 27.0 Å². The molecule has 3 nitrogen and oxygen atoms in total. The van der Waals surface area contributed by atoms with Gasteiger partial charge in [-0.3, -0.25) is 0 Å². The van der Waals surface area contributed by atoms with E-state index in [1.807, 2.05) is 26.8 Å². The fraction of sp³-hybridized carbons (Fsp3) is 0.562. The summed E-state index contributed by atoms with van der Waals surface area (Å²) >= 11 is 0. The second-order valence-electron chi connectivity index (χ2n) is 5.56. The lowest BCUT2D eigenvalue weighted by atomic mass is 10.00. The minimum absolute atomic E-state index is 0.129. The number of esters is 1. The van der Waals surface area contributed by atoms with E-state index in [0.29, 0.717) is 11.7 Å². The topological polar surface area (TPSA) is 35.5 Å². The molecule has 0 saturated heterocycles. The van der Waals surface area contributed by atoms with Gasteiger partial charge in [-0.25, -0.2) is 4.79 Å². The van der Waals surface area contributed by atoms with Crippen LogP contribution in [0.1, 0.15) is 41.0 Å². The molecule has 0 aliphatic carbocycles. The molecule has 0 aromatic heterocycles. The molecule has 0 rings (SSSR count). The smallest absolute Gasteiger partial charge is 0.344 e. The van der Waals surface area contributed by atoms with Crippen LogP contribution < -0.4 is 0 Å². The Bertz CT molecular complexity index is 359. The lowest BCUT2D eigenvalue weighted by molar-refractivity contribution is -0.158. The summed E-state index contributed by atoms with van der Waals surface area (Å²) in [6.07, 6.45) is 4.62. The van der Waals surface area contributed by atoms with Gasteiger partial charge in [-0.1, -0.05) is 38.7 Å². The minimum atomic E-state index is -0.498. The molecule has 0 N–H and O–H groups in total. The Morgan fingerprint density at radius 1 is 1.26 bits per heavy atom. The van der Waals surface area contributed by atoms with Crippen LogP contribution in [0.3, 0.4) is 0 Å². The van der Waals surface area contributed by atoms with E-state index < -0.39 is 11.6 Å². The Morgan fingerprint density at radius 3 is 2.32 bits per heavy atom. The minimum Gasteiger partial charge on any atom is -0.483 e. The van der Waals surface area contributed by atoms with Crippen LogP contribution in [0.4, 0.5) is 0 Å². The zero-order chi connectivity index (χ0) is 15.1. The number of allylic oxidation sites excluding steroid dienone is 3. The van der Waals surface area contributed by atoms with Crippen molar-refractivity contribution in [2.45, 2.75) is 46.6 Å². The highest BCUT2D eigenvalue weighted by atomic mass is 16.6. The average molecular weight is 266 g/mol. The number of hydrogen-bond acceptors (Lipinski definition) is 3. The third-order valence-electron chi connectivity index (χ3n) is 2.52. The van der Waals surface area contributed by atoms with Crippen molar-refractivity contribution in [1.29, 1.82) is 0 Å². The van der Waals surface area contributed by atoms with Gasteiger partial charge in [0.2, 0.25) is 0 Å². The van der Waals surface area contributed by atoms with Crippen LogP contribution in [0.15, 0.2) is 36.6 Å². The van der Waals surface area contributed by atoms with Crippen molar-refractivity contribution < 1.29 is 14.3 Å². The fourth-order valence-corrected chi connectivity index (χ4v) is 1.20. The normalized spacial score (nSPS) is 13.1. The van der Waals surface area contributed by atoms with Crippen molar-refractivity contribution in [2.24, 2.45) is 5.92 Å². The van der Waals surface area contributed by atoms with Crippen LogP contribution in [-0.4, -0.2) is 18.2 Å². The fourth-order valence-electron chi connectivity index (χ4n) is 1.20. The van der Waals surface area contributed by atoms with Gasteiger partial charge in [-0.2, -0.15) is 0 Å². The molecule has 0 saturated carbocycles. The molecule has 1 atom stereocenters. The summed E-state index contributed by atoms with van der Waals surface area (Å²) in [6.45, 7) is 17.2. The highest BCUT2D eigenvalue weighted by Gasteiger charge is 2.16. The monoisotopic (exact) mass is 266 g/mol. The van der Waals surface area contributed by atoms with E-state index >= 15 is 0 Å². The first kappa shape index (κ1) is 17.5. The van der Waals surface area contributed by atoms with Gasteiger partial charge < -0.3 is 9.47 Å². The Labute approximate surface area is 117 Å². The molecule has 3 heteroatoms. The molecule has 0 aromatic rings. The predicted molar refractivity (Wildman–Crippen MR) is 78.7 cm³/mol. The number of carbonyl (C=O) groups is 1. The van der Waals surface area contributed by atoms with Gasteiger partial charge in [-0.05, 0) is 39.2 Å². The highest BCUT2D eigenvalue weighted by Crippen LogP contribution is 2.14. The van der Waals surface area contributed by atoms with Crippen molar-refractivity contribution in [3.8, 4) is 0 Å². The predicted octanol–water partition coefficient (Wildman–Crippen LogP) is 4.02. The van der Waals surface area contributed by atoms with Crippen molar-refractivity contribution in [1.82, 2.24) is 0 Å². The molecular weight excluding hydrogens is 240 g/mol. The van der Waals surface area contributed by atoms with E-state index in [0.717, 1.165) is 12.0 Å². The molecule has 0 spiro atoms. The Kier molecular flexibility index (Phi) is 7.20. The first-order valence-corrected chi connectivity index (χ1v) is 6.56. The van der Waals surface area contributed by atoms with E-state index in [1.165, 1.54) is 0 Å². The molecule has 0 radical (unpaired) electrons. The van der Waals surface area contributed by atoms with Crippen molar-refractivity contribution in [2.75, 3.05) is 6.61 Å². The molecular formula is C16H26O3. The van der Waals surface area contributed by atoms with Crippen molar-refractivity contribution in [3.05, 3.63) is 36.6 Å². The first-order valence-electron chi connectivity index (χ1n) is 6.56. The molecule has 0 aliphatic heterocycles. The largest absolute Gasteiger partial charge is 0.483 e. The summed E-state index contributed by atoms with van der Waals surface area (Å²) in [4.78, 5) is 11.4. The van der Waals surface area contributed by atoms with Gasteiger partial charge in [0.15, 0.2) is 6.61 Å². The molecule has 1 unspecified atom stereocenters. The number of hydrogen-bond donors (Lipinski definition) is 0. The zero-order valence-electron chi connectivity index (χ0n) is 12.8. The van der Waals surface area contributed by atoms with Crippen LogP contribution in [0, 0.1) is 5.92 Å². The third-order valence-corrected chi connectivity index (χ3v) is 2.52. The first-order chi connectivity index (χ1) is 8.65. The summed E-state index contributed by atoms with van der Waals surface area (Å²) in [5, 5.41) is 0. The molecule has 0 bridgehead atoms. The third kappa shape index (κ3) is 9.11. The van der Waals surface area contributed by atoms with Crippen LogP contribution >= 0.6 is 0 Å². The van der Waals surface area contributed by atoms with E-state index in [-0.39, 0.29) is 6.61 Å². The second kappa shape index (κ2) is 7.82. The summed E-state index contributed by atoms with van der Waals surface area (Å²) in [7, 11) is 0. The van der Waals surface area contributed by atoms with Gasteiger partial charge in [-0.15, -0.1) is 0 Å². The van der Waals surface area contributed by atoms with Gasteiger partial charge in [0.25, 0.3) is 0 Å². The quantitative estimate of drug-likeness (QED) is 0.396. The molecule has 0 aliphatic rings. The maximum atomic E-state index is 11.4. The Hall–Kier alpha value is -1.51. The number of ether oxygens (including phenoxy) is 2. The second-order valence-corrected chi connectivity index (χ2v) is 5.56. The van der Waals surface area contributed by atoms with Crippen LogP contribution in [-0.2, 0) is 14.3 Å². The van der Waals surface area contributed by atoms with Gasteiger partial charge in [0.1, 0.15) is 11.4 Å². The maximum Gasteiger partial charge on any atom is 0.344 e. The molecule has 0 aromatic carbocycles. The Balaban J connectivity index is 4.10. The van der Waals surface area contributed by atoms with E-state index in [1.54, 1.807) is 6.08 Å². The number of carbonyl (C=O) groups excluding carboxylic acids is 1.